The summed E-state index contributed by atoms with van der Waals surface area (Å²) in [6, 6.07) is 6.34. The summed E-state index contributed by atoms with van der Waals surface area (Å²) in [6.07, 6.45) is 0.120. The third-order valence-electron chi connectivity index (χ3n) is 1.83. The number of benzene rings is 1. The number of anilines is 2. The standard InChI is InChI=1S/C10H14N4O2/c11-7-1-3-8(4-2-7)14-10(16)13-6-5-9(12)15/h1-4H,5-6,11H2,(H2,12,15)(H2,13,14,16). The number of primary amides is 1. The molecular weight excluding hydrogens is 208 g/mol. The van der Waals surface area contributed by atoms with Gasteiger partial charge >= 0.3 is 6.03 Å². The van der Waals surface area contributed by atoms with E-state index in [1.165, 1.54) is 0 Å². The van der Waals surface area contributed by atoms with Crippen LogP contribution in [0.3, 0.4) is 0 Å². The Balaban J connectivity index is 2.34. The van der Waals surface area contributed by atoms with Crippen molar-refractivity contribution in [2.75, 3.05) is 17.6 Å². The molecular formula is C10H14N4O2. The molecule has 0 saturated carbocycles. The summed E-state index contributed by atoms with van der Waals surface area (Å²) in [5, 5.41) is 5.08. The topological polar surface area (TPSA) is 110 Å². The lowest BCUT2D eigenvalue weighted by atomic mass is 10.3. The Hall–Kier alpha value is -2.24. The van der Waals surface area contributed by atoms with Crippen molar-refractivity contribution in [2.24, 2.45) is 5.73 Å². The summed E-state index contributed by atoms with van der Waals surface area (Å²) in [6.45, 7) is 0.218. The van der Waals surface area contributed by atoms with E-state index in [2.05, 4.69) is 10.6 Å². The number of carbonyl (C=O) groups excluding carboxylic acids is 2. The number of rotatable bonds is 4. The largest absolute Gasteiger partial charge is 0.399 e. The maximum atomic E-state index is 11.3. The van der Waals surface area contributed by atoms with Gasteiger partial charge in [0, 0.05) is 24.3 Å². The Morgan fingerprint density at radius 2 is 1.81 bits per heavy atom. The van der Waals surface area contributed by atoms with Gasteiger partial charge < -0.3 is 22.1 Å². The lowest BCUT2D eigenvalue weighted by molar-refractivity contribution is -0.117. The Morgan fingerprint density at radius 3 is 2.38 bits per heavy atom. The smallest absolute Gasteiger partial charge is 0.319 e. The minimum atomic E-state index is -0.451. The lowest BCUT2D eigenvalue weighted by Crippen LogP contribution is -2.31. The zero-order chi connectivity index (χ0) is 12.0. The van der Waals surface area contributed by atoms with Crippen LogP contribution < -0.4 is 22.1 Å². The fourth-order valence-electron chi connectivity index (χ4n) is 1.04. The minimum Gasteiger partial charge on any atom is -0.399 e. The number of nitrogen functional groups attached to an aromatic ring is 1. The maximum Gasteiger partial charge on any atom is 0.319 e. The molecule has 6 N–H and O–H groups in total. The second kappa shape index (κ2) is 5.59. The fourth-order valence-corrected chi connectivity index (χ4v) is 1.04. The molecule has 0 bridgehead atoms. The van der Waals surface area contributed by atoms with E-state index in [0.29, 0.717) is 11.4 Å². The van der Waals surface area contributed by atoms with Gasteiger partial charge in [-0.15, -0.1) is 0 Å². The minimum absolute atomic E-state index is 0.120. The van der Waals surface area contributed by atoms with Gasteiger partial charge in [0.1, 0.15) is 0 Å². The molecule has 0 aromatic heterocycles. The molecule has 0 heterocycles. The molecule has 0 fully saturated rings. The predicted molar refractivity (Wildman–Crippen MR) is 61.7 cm³/mol. The highest BCUT2D eigenvalue weighted by Crippen LogP contribution is 2.09. The van der Waals surface area contributed by atoms with Crippen LogP contribution in [-0.2, 0) is 4.79 Å². The molecule has 3 amide bonds. The molecule has 0 saturated heterocycles. The van der Waals surface area contributed by atoms with Crippen LogP contribution in [0.25, 0.3) is 0 Å². The van der Waals surface area contributed by atoms with Crippen LogP contribution in [0.1, 0.15) is 6.42 Å². The highest BCUT2D eigenvalue weighted by Gasteiger charge is 2.01. The molecule has 0 aliphatic rings. The van der Waals surface area contributed by atoms with E-state index < -0.39 is 5.91 Å². The summed E-state index contributed by atoms with van der Waals surface area (Å²) in [5.74, 6) is -0.451. The molecule has 86 valence electrons. The van der Waals surface area contributed by atoms with E-state index in [9.17, 15) is 9.59 Å². The molecule has 0 aliphatic carbocycles. The molecule has 1 aromatic carbocycles. The normalized spacial score (nSPS) is 9.50. The van der Waals surface area contributed by atoms with Crippen LogP contribution in [0.15, 0.2) is 24.3 Å². The highest BCUT2D eigenvalue weighted by atomic mass is 16.2. The third kappa shape index (κ3) is 4.32. The number of hydrogen-bond acceptors (Lipinski definition) is 3. The van der Waals surface area contributed by atoms with Gasteiger partial charge in [-0.2, -0.15) is 0 Å². The number of nitrogens with two attached hydrogens (primary N) is 2. The predicted octanol–water partition coefficient (Wildman–Crippen LogP) is 0.266. The number of amides is 3. The van der Waals surface area contributed by atoms with Crippen LogP contribution in [0.4, 0.5) is 16.2 Å². The number of nitrogens with one attached hydrogen (secondary N) is 2. The summed E-state index contributed by atoms with van der Waals surface area (Å²) in [7, 11) is 0. The summed E-state index contributed by atoms with van der Waals surface area (Å²) < 4.78 is 0. The fraction of sp³-hybridized carbons (Fsp3) is 0.200. The first-order valence-corrected chi connectivity index (χ1v) is 4.76. The first-order chi connectivity index (χ1) is 7.58. The first-order valence-electron chi connectivity index (χ1n) is 4.76. The Bertz CT molecular complexity index is 375. The third-order valence-corrected chi connectivity index (χ3v) is 1.83. The van der Waals surface area contributed by atoms with Crippen molar-refractivity contribution in [3.63, 3.8) is 0 Å². The van der Waals surface area contributed by atoms with Crippen molar-refractivity contribution in [3.8, 4) is 0 Å². The first kappa shape index (κ1) is 11.8. The summed E-state index contributed by atoms with van der Waals surface area (Å²) in [5.41, 5.74) is 11.7. The number of hydrogen-bond donors (Lipinski definition) is 4. The molecule has 0 radical (unpaired) electrons. The molecule has 0 aliphatic heterocycles. The lowest BCUT2D eigenvalue weighted by Gasteiger charge is -2.06. The molecule has 0 spiro atoms. The molecule has 0 atom stereocenters. The molecule has 0 unspecified atom stereocenters. The van der Waals surface area contributed by atoms with Gasteiger partial charge in [0.15, 0.2) is 0 Å². The van der Waals surface area contributed by atoms with Gasteiger partial charge in [0.2, 0.25) is 5.91 Å². The van der Waals surface area contributed by atoms with Crippen molar-refractivity contribution < 1.29 is 9.59 Å². The average Bonchev–Trinajstić information content (AvgIpc) is 2.21. The molecule has 1 rings (SSSR count). The van der Waals surface area contributed by atoms with E-state index in [-0.39, 0.29) is 19.0 Å². The van der Waals surface area contributed by atoms with Crippen molar-refractivity contribution in [1.82, 2.24) is 5.32 Å². The van der Waals surface area contributed by atoms with Crippen LogP contribution in [0.5, 0.6) is 0 Å². The quantitative estimate of drug-likeness (QED) is 0.548. The Kier molecular flexibility index (Phi) is 4.14. The van der Waals surface area contributed by atoms with Crippen LogP contribution in [-0.4, -0.2) is 18.5 Å². The van der Waals surface area contributed by atoms with Gasteiger partial charge in [-0.05, 0) is 24.3 Å². The Morgan fingerprint density at radius 1 is 1.19 bits per heavy atom. The zero-order valence-electron chi connectivity index (χ0n) is 8.69. The zero-order valence-corrected chi connectivity index (χ0v) is 8.69. The van der Waals surface area contributed by atoms with Gasteiger partial charge in [-0.25, -0.2) is 4.79 Å². The second-order valence-corrected chi connectivity index (χ2v) is 3.22. The molecule has 1 aromatic rings. The van der Waals surface area contributed by atoms with Crippen LogP contribution >= 0.6 is 0 Å². The van der Waals surface area contributed by atoms with E-state index in [1.54, 1.807) is 24.3 Å². The maximum absolute atomic E-state index is 11.3. The van der Waals surface area contributed by atoms with Crippen LogP contribution in [0.2, 0.25) is 0 Å². The van der Waals surface area contributed by atoms with Crippen LogP contribution in [0, 0.1) is 0 Å². The SMILES string of the molecule is NC(=O)CCNC(=O)Nc1ccc(N)cc1. The highest BCUT2D eigenvalue weighted by molar-refractivity contribution is 5.89. The summed E-state index contributed by atoms with van der Waals surface area (Å²) >= 11 is 0. The Labute approximate surface area is 93.0 Å². The second-order valence-electron chi connectivity index (χ2n) is 3.22. The van der Waals surface area contributed by atoms with Gasteiger partial charge in [0.05, 0.1) is 0 Å². The van der Waals surface area contributed by atoms with Gasteiger partial charge in [0.25, 0.3) is 0 Å². The van der Waals surface area contributed by atoms with Crippen molar-refractivity contribution in [2.45, 2.75) is 6.42 Å². The van der Waals surface area contributed by atoms with E-state index in [0.717, 1.165) is 0 Å². The monoisotopic (exact) mass is 222 g/mol. The number of urea groups is 1. The van der Waals surface area contributed by atoms with Crippen molar-refractivity contribution in [3.05, 3.63) is 24.3 Å². The average molecular weight is 222 g/mol. The molecule has 6 nitrogen and oxygen atoms in total. The number of carbonyl (C=O) groups is 2. The van der Waals surface area contributed by atoms with Crippen molar-refractivity contribution in [1.29, 1.82) is 0 Å². The van der Waals surface area contributed by atoms with Crippen molar-refractivity contribution >= 4 is 23.3 Å². The van der Waals surface area contributed by atoms with E-state index in [1.807, 2.05) is 0 Å². The van der Waals surface area contributed by atoms with Gasteiger partial charge in [-0.1, -0.05) is 0 Å². The van der Waals surface area contributed by atoms with E-state index in [4.69, 9.17) is 11.5 Å². The van der Waals surface area contributed by atoms with E-state index >= 15 is 0 Å². The molecule has 6 heteroatoms. The van der Waals surface area contributed by atoms with Gasteiger partial charge in [-0.3, -0.25) is 4.79 Å². The summed E-state index contributed by atoms with van der Waals surface area (Å²) in [4.78, 5) is 21.7. The molecule has 16 heavy (non-hydrogen) atoms.